The summed E-state index contributed by atoms with van der Waals surface area (Å²) in [7, 11) is 0. The molecule has 3 aromatic rings. The van der Waals surface area contributed by atoms with Gasteiger partial charge in [-0.25, -0.2) is 0 Å². The highest BCUT2D eigenvalue weighted by molar-refractivity contribution is 6.31. The van der Waals surface area contributed by atoms with Crippen LogP contribution in [0.4, 0.5) is 11.4 Å². The molecule has 0 fully saturated rings. The fraction of sp³-hybridized carbons (Fsp3) is 0.263. The van der Waals surface area contributed by atoms with Gasteiger partial charge < -0.3 is 10.6 Å². The van der Waals surface area contributed by atoms with Crippen molar-refractivity contribution in [3.05, 3.63) is 59.1 Å². The molecule has 0 saturated heterocycles. The maximum atomic E-state index is 12.4. The number of nitrogens with one attached hydrogen (secondary N) is 2. The Morgan fingerprint density at radius 3 is 2.61 bits per heavy atom. The Labute approximate surface area is 167 Å². The SMILES string of the molecule is CCn1nccc1C(=O)Nc1cccc(NC(=O)CCn2cc(Cl)c(C)n2)c1. The number of hydrogen-bond acceptors (Lipinski definition) is 4. The lowest BCUT2D eigenvalue weighted by atomic mass is 10.2. The lowest BCUT2D eigenvalue weighted by molar-refractivity contribution is -0.116. The number of carbonyl (C=O) groups excluding carboxylic acids is 2. The minimum Gasteiger partial charge on any atom is -0.326 e. The third-order valence-electron chi connectivity index (χ3n) is 4.11. The average Bonchev–Trinajstić information content (AvgIpc) is 3.27. The summed E-state index contributed by atoms with van der Waals surface area (Å²) in [5.74, 6) is -0.412. The summed E-state index contributed by atoms with van der Waals surface area (Å²) in [6.07, 6.45) is 3.54. The monoisotopic (exact) mass is 400 g/mol. The van der Waals surface area contributed by atoms with Crippen molar-refractivity contribution in [2.45, 2.75) is 33.4 Å². The number of halogens is 1. The third-order valence-corrected chi connectivity index (χ3v) is 4.48. The molecular weight excluding hydrogens is 380 g/mol. The predicted octanol–water partition coefficient (Wildman–Crippen LogP) is 3.34. The summed E-state index contributed by atoms with van der Waals surface area (Å²) < 4.78 is 3.26. The van der Waals surface area contributed by atoms with E-state index in [0.29, 0.717) is 35.2 Å². The van der Waals surface area contributed by atoms with E-state index in [4.69, 9.17) is 11.6 Å². The van der Waals surface area contributed by atoms with Crippen molar-refractivity contribution >= 4 is 34.8 Å². The minimum absolute atomic E-state index is 0.156. The molecule has 0 radical (unpaired) electrons. The molecule has 0 aliphatic rings. The maximum Gasteiger partial charge on any atom is 0.273 e. The van der Waals surface area contributed by atoms with Gasteiger partial charge in [-0.2, -0.15) is 10.2 Å². The second-order valence-corrected chi connectivity index (χ2v) is 6.60. The molecule has 2 heterocycles. The van der Waals surface area contributed by atoms with Gasteiger partial charge in [0.15, 0.2) is 0 Å². The van der Waals surface area contributed by atoms with E-state index >= 15 is 0 Å². The lowest BCUT2D eigenvalue weighted by Crippen LogP contribution is -2.18. The van der Waals surface area contributed by atoms with Crippen LogP contribution in [-0.4, -0.2) is 31.4 Å². The second-order valence-electron chi connectivity index (χ2n) is 6.19. The number of anilines is 2. The van der Waals surface area contributed by atoms with Gasteiger partial charge in [0.25, 0.3) is 5.91 Å². The van der Waals surface area contributed by atoms with Crippen molar-refractivity contribution in [1.82, 2.24) is 19.6 Å². The number of aryl methyl sites for hydroxylation is 3. The van der Waals surface area contributed by atoms with Crippen LogP contribution in [-0.2, 0) is 17.9 Å². The van der Waals surface area contributed by atoms with Crippen LogP contribution >= 0.6 is 11.6 Å². The normalized spacial score (nSPS) is 10.7. The summed E-state index contributed by atoms with van der Waals surface area (Å²) in [5, 5.41) is 14.5. The standard InChI is InChI=1S/C19H21ClN6O2/c1-3-26-17(7-9-21-26)19(28)23-15-6-4-5-14(11-15)22-18(27)8-10-25-12-16(20)13(2)24-25/h4-7,9,11-12H,3,8,10H2,1-2H3,(H,22,27)(H,23,28). The van der Waals surface area contributed by atoms with E-state index in [2.05, 4.69) is 20.8 Å². The van der Waals surface area contributed by atoms with Crippen LogP contribution < -0.4 is 10.6 Å². The van der Waals surface area contributed by atoms with Gasteiger partial charge in [0, 0.05) is 43.3 Å². The van der Waals surface area contributed by atoms with Crippen LogP contribution in [0.15, 0.2) is 42.7 Å². The van der Waals surface area contributed by atoms with Crippen LogP contribution in [0.1, 0.15) is 29.5 Å². The molecule has 0 aliphatic heterocycles. The van der Waals surface area contributed by atoms with Gasteiger partial charge in [-0.15, -0.1) is 0 Å². The minimum atomic E-state index is -0.256. The number of benzene rings is 1. The fourth-order valence-corrected chi connectivity index (χ4v) is 2.85. The van der Waals surface area contributed by atoms with Gasteiger partial charge in [-0.1, -0.05) is 17.7 Å². The molecule has 0 spiro atoms. The van der Waals surface area contributed by atoms with Crippen LogP contribution in [0.25, 0.3) is 0 Å². The molecule has 0 saturated carbocycles. The van der Waals surface area contributed by atoms with Crippen LogP contribution in [0.5, 0.6) is 0 Å². The molecule has 0 aliphatic carbocycles. The highest BCUT2D eigenvalue weighted by Gasteiger charge is 2.12. The molecule has 0 atom stereocenters. The summed E-state index contributed by atoms with van der Waals surface area (Å²) in [6.45, 7) is 4.76. The Morgan fingerprint density at radius 2 is 1.93 bits per heavy atom. The Hall–Kier alpha value is -3.13. The number of nitrogens with zero attached hydrogens (tertiary/aromatic N) is 4. The number of amides is 2. The molecule has 0 bridgehead atoms. The van der Waals surface area contributed by atoms with Crippen molar-refractivity contribution in [3.63, 3.8) is 0 Å². The topological polar surface area (TPSA) is 93.8 Å². The predicted molar refractivity (Wildman–Crippen MR) is 108 cm³/mol. The molecule has 8 nitrogen and oxygen atoms in total. The van der Waals surface area contributed by atoms with Gasteiger partial charge >= 0.3 is 0 Å². The molecule has 146 valence electrons. The highest BCUT2D eigenvalue weighted by atomic mass is 35.5. The van der Waals surface area contributed by atoms with Gasteiger partial charge in [0.1, 0.15) is 5.69 Å². The van der Waals surface area contributed by atoms with Gasteiger partial charge in [-0.05, 0) is 38.1 Å². The maximum absolute atomic E-state index is 12.4. The molecule has 2 aromatic heterocycles. The molecule has 0 unspecified atom stereocenters. The van der Waals surface area contributed by atoms with E-state index in [1.165, 1.54) is 0 Å². The molecule has 28 heavy (non-hydrogen) atoms. The Kier molecular flexibility index (Phi) is 6.10. The number of rotatable bonds is 7. The molecule has 2 amide bonds. The van der Waals surface area contributed by atoms with Gasteiger partial charge in [0.2, 0.25) is 5.91 Å². The van der Waals surface area contributed by atoms with E-state index < -0.39 is 0 Å². The second kappa shape index (κ2) is 8.71. The van der Waals surface area contributed by atoms with Gasteiger partial charge in [-0.3, -0.25) is 19.0 Å². The van der Waals surface area contributed by atoms with Crippen LogP contribution in [0.2, 0.25) is 5.02 Å². The number of hydrogen-bond donors (Lipinski definition) is 2. The molecular formula is C19H21ClN6O2. The van der Waals surface area contributed by atoms with Crippen molar-refractivity contribution in [2.75, 3.05) is 10.6 Å². The summed E-state index contributed by atoms with van der Waals surface area (Å²) >= 11 is 5.97. The number of carbonyl (C=O) groups is 2. The van der Waals surface area contributed by atoms with E-state index in [9.17, 15) is 9.59 Å². The molecule has 2 N–H and O–H groups in total. The van der Waals surface area contributed by atoms with Crippen LogP contribution in [0, 0.1) is 6.92 Å². The first-order valence-electron chi connectivity index (χ1n) is 8.89. The zero-order valence-corrected chi connectivity index (χ0v) is 16.4. The highest BCUT2D eigenvalue weighted by Crippen LogP contribution is 2.17. The summed E-state index contributed by atoms with van der Waals surface area (Å²) in [4.78, 5) is 24.6. The Morgan fingerprint density at radius 1 is 1.18 bits per heavy atom. The molecule has 3 rings (SSSR count). The first-order chi connectivity index (χ1) is 13.5. The van der Waals surface area contributed by atoms with E-state index in [0.717, 1.165) is 5.69 Å². The first-order valence-corrected chi connectivity index (χ1v) is 9.26. The van der Waals surface area contributed by atoms with E-state index in [1.54, 1.807) is 52.1 Å². The van der Waals surface area contributed by atoms with Crippen molar-refractivity contribution < 1.29 is 9.59 Å². The van der Waals surface area contributed by atoms with Crippen LogP contribution in [0.3, 0.4) is 0 Å². The molecule has 1 aromatic carbocycles. The van der Waals surface area contributed by atoms with Crippen molar-refractivity contribution in [2.24, 2.45) is 0 Å². The van der Waals surface area contributed by atoms with Crippen molar-refractivity contribution in [1.29, 1.82) is 0 Å². The number of aromatic nitrogens is 4. The smallest absolute Gasteiger partial charge is 0.273 e. The van der Waals surface area contributed by atoms with E-state index in [1.807, 2.05) is 13.8 Å². The average molecular weight is 401 g/mol. The van der Waals surface area contributed by atoms with Crippen molar-refractivity contribution in [3.8, 4) is 0 Å². The summed E-state index contributed by atoms with van der Waals surface area (Å²) in [6, 6.07) is 8.65. The fourth-order valence-electron chi connectivity index (χ4n) is 2.70. The zero-order chi connectivity index (χ0) is 20.1. The third kappa shape index (κ3) is 4.77. The largest absolute Gasteiger partial charge is 0.326 e. The molecule has 9 heteroatoms. The lowest BCUT2D eigenvalue weighted by Gasteiger charge is -2.10. The Balaban J connectivity index is 1.58. The zero-order valence-electron chi connectivity index (χ0n) is 15.6. The van der Waals surface area contributed by atoms with E-state index in [-0.39, 0.29) is 18.2 Å². The van der Waals surface area contributed by atoms with Gasteiger partial charge in [0.05, 0.1) is 10.7 Å². The summed E-state index contributed by atoms with van der Waals surface area (Å²) in [5.41, 5.74) is 2.39. The quantitative estimate of drug-likeness (QED) is 0.636. The Bertz CT molecular complexity index is 974. The first kappa shape index (κ1) is 19.6.